The maximum atomic E-state index is 2.60. The standard InChI is InChI=1S/C90H80N4Si3/c1-58(2)65-50-68(52-70(51-65)95(3,4)5)91(93-81-46-38-59-26-18-22-34-73(59)87(81)88-74-35-23-19-27-60(74)39-47-82(88)93)66-42-44-77-79(55-66)85(63-30-14-12-15-31-63)78-45-43-67(56-80(78)86(77)64-32-16-13-17-33-64)92(69-53-71(96(6,7)8)57-72(54-69)97(9,10)11)94-83-48-40-61-28-20-24-36-75(61)89(83)90-76-37-25-21-29-62(76)41-49-84(90)94/h12-58H,1-11H3. The first-order valence-electron chi connectivity index (χ1n) is 34.6. The number of aromatic nitrogens is 2. The second-order valence-corrected chi connectivity index (χ2v) is 45.6. The average molecular weight is 1300 g/mol. The van der Waals surface area contributed by atoms with Crippen LogP contribution >= 0.6 is 0 Å². The maximum absolute atomic E-state index is 2.60. The highest BCUT2D eigenvalue weighted by Gasteiger charge is 2.31. The van der Waals surface area contributed by atoms with Gasteiger partial charge >= 0.3 is 0 Å². The molecule has 97 heavy (non-hydrogen) atoms. The molecule has 0 fully saturated rings. The molecule has 0 spiro atoms. The Kier molecular flexibility index (Phi) is 14.1. The van der Waals surface area contributed by atoms with E-state index in [0.29, 0.717) is 5.92 Å². The molecule has 2 heterocycles. The van der Waals surface area contributed by atoms with E-state index in [1.54, 1.807) is 0 Å². The third kappa shape index (κ3) is 9.95. The number of hydrogen-bond donors (Lipinski definition) is 0. The Hall–Kier alpha value is -10.3. The molecular weight excluding hydrogens is 1220 g/mol. The summed E-state index contributed by atoms with van der Waals surface area (Å²) in [6.45, 7) is 27.2. The Morgan fingerprint density at radius 3 is 0.897 bits per heavy atom. The van der Waals surface area contributed by atoms with Gasteiger partial charge in [-0.25, -0.2) is 19.4 Å². The van der Waals surface area contributed by atoms with Crippen molar-refractivity contribution in [2.75, 3.05) is 10.0 Å². The van der Waals surface area contributed by atoms with E-state index in [4.69, 9.17) is 0 Å². The molecular formula is C90H80N4Si3. The smallest absolute Gasteiger partial charge is 0.0777 e. The van der Waals surface area contributed by atoms with Crippen LogP contribution in [0.2, 0.25) is 58.9 Å². The second-order valence-electron chi connectivity index (χ2n) is 30.4. The van der Waals surface area contributed by atoms with Crippen molar-refractivity contribution < 1.29 is 0 Å². The minimum Gasteiger partial charge on any atom is -0.249 e. The van der Waals surface area contributed by atoms with Crippen molar-refractivity contribution in [2.24, 2.45) is 0 Å². The van der Waals surface area contributed by atoms with Crippen molar-refractivity contribution in [3.8, 4) is 22.3 Å². The molecule has 0 atom stereocenters. The van der Waals surface area contributed by atoms with E-state index >= 15 is 0 Å². The molecule has 0 aliphatic rings. The van der Waals surface area contributed by atoms with Crippen LogP contribution in [0.4, 0.5) is 22.7 Å². The minimum absolute atomic E-state index is 0.311. The zero-order valence-electron chi connectivity index (χ0n) is 57.4. The van der Waals surface area contributed by atoms with Gasteiger partial charge in [-0.05, 0) is 171 Å². The first kappa shape index (κ1) is 60.4. The van der Waals surface area contributed by atoms with Crippen LogP contribution in [0.5, 0.6) is 0 Å². The van der Waals surface area contributed by atoms with Gasteiger partial charge in [-0.1, -0.05) is 295 Å². The van der Waals surface area contributed by atoms with Gasteiger partial charge in [0, 0.05) is 21.5 Å². The zero-order valence-corrected chi connectivity index (χ0v) is 60.4. The number of hydrogen-bond acceptors (Lipinski definition) is 2. The minimum atomic E-state index is -1.90. The normalized spacial score (nSPS) is 12.6. The van der Waals surface area contributed by atoms with Crippen LogP contribution in [0, 0.1) is 0 Å². The third-order valence-corrected chi connectivity index (χ3v) is 26.8. The molecule has 4 nitrogen and oxygen atoms in total. The first-order valence-corrected chi connectivity index (χ1v) is 45.1. The van der Waals surface area contributed by atoms with E-state index in [-0.39, 0.29) is 0 Å². The van der Waals surface area contributed by atoms with Gasteiger partial charge in [0.2, 0.25) is 0 Å². The highest BCUT2D eigenvalue weighted by Crippen LogP contribution is 2.50. The van der Waals surface area contributed by atoms with Crippen LogP contribution in [0.25, 0.3) is 131 Å². The van der Waals surface area contributed by atoms with E-state index < -0.39 is 24.2 Å². The fourth-order valence-electron chi connectivity index (χ4n) is 15.7. The predicted octanol–water partition coefficient (Wildman–Crippen LogP) is 24.1. The Balaban J connectivity index is 1.01. The van der Waals surface area contributed by atoms with Crippen LogP contribution < -0.4 is 25.6 Å². The van der Waals surface area contributed by atoms with Gasteiger partial charge in [0.1, 0.15) is 0 Å². The summed E-state index contributed by atoms with van der Waals surface area (Å²) in [6.07, 6.45) is 0. The number of fused-ring (bicyclic) bond motifs is 16. The lowest BCUT2D eigenvalue weighted by atomic mass is 9.85. The Labute approximate surface area is 571 Å². The highest BCUT2D eigenvalue weighted by molar-refractivity contribution is 6.91. The Bertz CT molecular complexity index is 5840. The van der Waals surface area contributed by atoms with E-state index in [0.717, 1.165) is 28.1 Å². The molecule has 2 aromatic heterocycles. The molecule has 0 unspecified atom stereocenters. The van der Waals surface area contributed by atoms with E-state index in [1.807, 2.05) is 0 Å². The molecule has 0 saturated carbocycles. The lowest BCUT2D eigenvalue weighted by Gasteiger charge is -2.32. The van der Waals surface area contributed by atoms with Gasteiger partial charge in [-0.2, -0.15) is 0 Å². The average Bonchev–Trinajstić information content (AvgIpc) is 1.71. The fraction of sp³-hybridized carbons (Fsp3) is 0.133. The Morgan fingerprint density at radius 1 is 0.258 bits per heavy atom. The van der Waals surface area contributed by atoms with Gasteiger partial charge in [-0.15, -0.1) is 0 Å². The second kappa shape index (κ2) is 22.7. The predicted molar refractivity (Wildman–Crippen MR) is 432 cm³/mol. The van der Waals surface area contributed by atoms with Crippen molar-refractivity contribution in [3.05, 3.63) is 285 Å². The lowest BCUT2D eigenvalue weighted by molar-refractivity contribution is 0.854. The van der Waals surface area contributed by atoms with Crippen molar-refractivity contribution in [1.82, 2.24) is 9.35 Å². The van der Waals surface area contributed by atoms with Crippen molar-refractivity contribution >= 4 is 171 Å². The van der Waals surface area contributed by atoms with Crippen LogP contribution in [0.3, 0.4) is 0 Å². The molecule has 0 amide bonds. The molecule has 0 aliphatic heterocycles. The summed E-state index contributed by atoms with van der Waals surface area (Å²) in [7, 11) is -5.68. The van der Waals surface area contributed by atoms with Gasteiger partial charge < -0.3 is 0 Å². The Morgan fingerprint density at radius 2 is 0.567 bits per heavy atom. The third-order valence-electron chi connectivity index (χ3n) is 20.8. The quantitative estimate of drug-likeness (QED) is 0.0895. The van der Waals surface area contributed by atoms with Crippen LogP contribution in [-0.2, 0) is 0 Å². The molecule has 17 aromatic rings. The summed E-state index contributed by atoms with van der Waals surface area (Å²) in [6, 6.07) is 107. The summed E-state index contributed by atoms with van der Waals surface area (Å²) >= 11 is 0. The first-order chi connectivity index (χ1) is 46.9. The number of anilines is 4. The maximum Gasteiger partial charge on any atom is 0.0777 e. The largest absolute Gasteiger partial charge is 0.249 e. The van der Waals surface area contributed by atoms with Crippen LogP contribution in [0.15, 0.2) is 279 Å². The molecule has 0 radical (unpaired) electrons. The van der Waals surface area contributed by atoms with E-state index in [9.17, 15) is 0 Å². The zero-order chi connectivity index (χ0) is 66.4. The summed E-state index contributed by atoms with van der Waals surface area (Å²) in [4.78, 5) is 0. The number of benzene rings is 15. The van der Waals surface area contributed by atoms with Crippen molar-refractivity contribution in [2.45, 2.75) is 78.7 Å². The SMILES string of the molecule is CC(C)c1cc(N(c2ccc3c(-c4ccccc4)c4cc(N(c5cc([Si](C)(C)C)cc([Si](C)(C)C)c5)n5c6ccc7ccccc7c6c6c7ccccc7ccc65)ccc4c(-c4ccccc4)c3c2)n2c3ccc4ccccc4c3c3c4ccccc4ccc32)cc([Si](C)(C)C)c1. The number of rotatable bonds is 12. The van der Waals surface area contributed by atoms with Crippen molar-refractivity contribution in [3.63, 3.8) is 0 Å². The molecule has 0 aliphatic carbocycles. The molecule has 0 bridgehead atoms. The van der Waals surface area contributed by atoms with Gasteiger partial charge in [0.15, 0.2) is 0 Å². The molecule has 7 heteroatoms. The summed E-state index contributed by atoms with van der Waals surface area (Å²) in [5.74, 6) is 0.311. The molecule has 15 aromatic carbocycles. The van der Waals surface area contributed by atoms with Gasteiger partial charge in [-0.3, -0.25) is 0 Å². The molecule has 17 rings (SSSR count). The lowest BCUT2D eigenvalue weighted by Crippen LogP contribution is -2.45. The molecule has 0 N–H and O–H groups in total. The summed E-state index contributed by atoms with van der Waals surface area (Å²) < 4.78 is 5.14. The summed E-state index contributed by atoms with van der Waals surface area (Å²) in [5.41, 5.74) is 15.3. The monoisotopic (exact) mass is 1300 g/mol. The summed E-state index contributed by atoms with van der Waals surface area (Å²) in [5, 5.41) is 29.3. The van der Waals surface area contributed by atoms with E-state index in [2.05, 4.69) is 371 Å². The van der Waals surface area contributed by atoms with Gasteiger partial charge in [0.05, 0.1) is 69.0 Å². The highest BCUT2D eigenvalue weighted by atomic mass is 28.3. The van der Waals surface area contributed by atoms with E-state index in [1.165, 1.54) is 146 Å². The fourth-order valence-corrected chi connectivity index (χ4v) is 19.3. The molecule has 0 saturated heterocycles. The van der Waals surface area contributed by atoms with Crippen LogP contribution in [0.1, 0.15) is 25.3 Å². The van der Waals surface area contributed by atoms with Gasteiger partial charge in [0.25, 0.3) is 0 Å². The number of nitrogens with zero attached hydrogens (tertiary/aromatic N) is 4. The van der Waals surface area contributed by atoms with Crippen molar-refractivity contribution in [1.29, 1.82) is 0 Å². The molecule has 472 valence electrons. The van der Waals surface area contributed by atoms with Crippen LogP contribution in [-0.4, -0.2) is 33.6 Å². The topological polar surface area (TPSA) is 16.3 Å².